The van der Waals surface area contributed by atoms with Gasteiger partial charge in [-0.05, 0) is 35.4 Å². The predicted octanol–water partition coefficient (Wildman–Crippen LogP) is 5.14. The van der Waals surface area contributed by atoms with Gasteiger partial charge in [0.25, 0.3) is 5.91 Å². The maximum absolute atomic E-state index is 12.9. The first-order valence-electron chi connectivity index (χ1n) is 9.48. The number of rotatable bonds is 6. The lowest BCUT2D eigenvalue weighted by molar-refractivity contribution is -0.137. The molecule has 2 aromatic heterocycles. The summed E-state index contributed by atoms with van der Waals surface area (Å²) in [6, 6.07) is 15.4. The number of furan rings is 1. The van der Waals surface area contributed by atoms with Crippen molar-refractivity contribution in [3.05, 3.63) is 102 Å². The van der Waals surface area contributed by atoms with Crippen molar-refractivity contribution in [2.45, 2.75) is 19.3 Å². The number of alkyl halides is 3. The van der Waals surface area contributed by atoms with Crippen LogP contribution in [0.5, 0.6) is 0 Å². The van der Waals surface area contributed by atoms with Gasteiger partial charge in [0.2, 0.25) is 0 Å². The van der Waals surface area contributed by atoms with Gasteiger partial charge in [0, 0.05) is 31.0 Å². The van der Waals surface area contributed by atoms with Gasteiger partial charge in [-0.15, -0.1) is 0 Å². The molecule has 158 valence electrons. The van der Waals surface area contributed by atoms with E-state index in [1.54, 1.807) is 12.5 Å². The first kappa shape index (κ1) is 20.5. The van der Waals surface area contributed by atoms with E-state index in [0.29, 0.717) is 6.54 Å². The summed E-state index contributed by atoms with van der Waals surface area (Å²) in [6.45, 7) is 0.899. The molecule has 0 aliphatic carbocycles. The van der Waals surface area contributed by atoms with Crippen LogP contribution in [0.15, 0.2) is 83.8 Å². The van der Waals surface area contributed by atoms with Crippen LogP contribution >= 0.6 is 0 Å². The Labute approximate surface area is 176 Å². The Morgan fingerprint density at radius 3 is 2.58 bits per heavy atom. The molecule has 4 rings (SSSR count). The van der Waals surface area contributed by atoms with Gasteiger partial charge in [0.15, 0.2) is 5.76 Å². The zero-order chi connectivity index (χ0) is 21.8. The summed E-state index contributed by atoms with van der Waals surface area (Å²) in [4.78, 5) is 16.5. The molecule has 2 heterocycles. The van der Waals surface area contributed by atoms with Gasteiger partial charge in [-0.1, -0.05) is 36.4 Å². The first-order valence-corrected chi connectivity index (χ1v) is 9.48. The molecule has 0 saturated carbocycles. The third kappa shape index (κ3) is 4.85. The van der Waals surface area contributed by atoms with E-state index in [2.05, 4.69) is 10.3 Å². The second kappa shape index (κ2) is 8.51. The molecule has 0 atom stereocenters. The molecular formula is C23H18F3N3O2. The van der Waals surface area contributed by atoms with E-state index in [1.165, 1.54) is 24.3 Å². The van der Waals surface area contributed by atoms with Crippen LogP contribution in [0.25, 0.3) is 11.3 Å². The Morgan fingerprint density at radius 2 is 1.84 bits per heavy atom. The Bertz CT molecular complexity index is 1180. The zero-order valence-electron chi connectivity index (χ0n) is 16.3. The lowest BCUT2D eigenvalue weighted by atomic mass is 10.1. The summed E-state index contributed by atoms with van der Waals surface area (Å²) in [5.41, 5.74) is 1.44. The van der Waals surface area contributed by atoms with E-state index >= 15 is 0 Å². The number of hydrogen-bond acceptors (Lipinski definition) is 3. The van der Waals surface area contributed by atoms with Crippen LogP contribution in [0.4, 0.5) is 13.2 Å². The fraction of sp³-hybridized carbons (Fsp3) is 0.130. The SMILES string of the molecule is O=C(NCc1ccccc1Cn1ccnc1)c1ccc(-c2cccc(C(F)(F)F)c2)o1. The highest BCUT2D eigenvalue weighted by Gasteiger charge is 2.30. The predicted molar refractivity (Wildman–Crippen MR) is 108 cm³/mol. The fourth-order valence-electron chi connectivity index (χ4n) is 3.19. The van der Waals surface area contributed by atoms with Gasteiger partial charge in [-0.2, -0.15) is 13.2 Å². The monoisotopic (exact) mass is 425 g/mol. The first-order chi connectivity index (χ1) is 14.9. The Kier molecular flexibility index (Phi) is 5.62. The molecule has 1 amide bonds. The molecule has 8 heteroatoms. The van der Waals surface area contributed by atoms with Gasteiger partial charge in [-0.25, -0.2) is 4.98 Å². The summed E-state index contributed by atoms with van der Waals surface area (Å²) in [7, 11) is 0. The number of nitrogens with one attached hydrogen (secondary N) is 1. The number of hydrogen-bond donors (Lipinski definition) is 1. The van der Waals surface area contributed by atoms with E-state index in [-0.39, 0.29) is 23.6 Å². The minimum atomic E-state index is -4.45. The van der Waals surface area contributed by atoms with Crippen LogP contribution in [0.1, 0.15) is 27.2 Å². The van der Waals surface area contributed by atoms with Crippen LogP contribution in [0.2, 0.25) is 0 Å². The van der Waals surface area contributed by atoms with Crippen LogP contribution in [-0.2, 0) is 19.3 Å². The van der Waals surface area contributed by atoms with Crippen molar-refractivity contribution in [2.24, 2.45) is 0 Å². The van der Waals surface area contributed by atoms with Crippen molar-refractivity contribution in [3.63, 3.8) is 0 Å². The molecule has 5 nitrogen and oxygen atoms in total. The number of halogens is 3. The van der Waals surface area contributed by atoms with E-state index in [0.717, 1.165) is 23.3 Å². The van der Waals surface area contributed by atoms with Crippen molar-refractivity contribution in [2.75, 3.05) is 0 Å². The molecule has 31 heavy (non-hydrogen) atoms. The van der Waals surface area contributed by atoms with Crippen LogP contribution in [0, 0.1) is 0 Å². The van der Waals surface area contributed by atoms with Crippen molar-refractivity contribution in [1.82, 2.24) is 14.9 Å². The smallest absolute Gasteiger partial charge is 0.416 e. The molecule has 4 aromatic rings. The normalized spacial score (nSPS) is 11.5. The molecule has 0 spiro atoms. The van der Waals surface area contributed by atoms with Gasteiger partial charge in [-0.3, -0.25) is 4.79 Å². The van der Waals surface area contributed by atoms with Crippen molar-refractivity contribution < 1.29 is 22.4 Å². The lowest BCUT2D eigenvalue weighted by Gasteiger charge is -2.11. The largest absolute Gasteiger partial charge is 0.451 e. The number of carbonyl (C=O) groups is 1. The maximum Gasteiger partial charge on any atom is 0.416 e. The molecule has 0 aliphatic heterocycles. The average Bonchev–Trinajstić information content (AvgIpc) is 3.45. The highest BCUT2D eigenvalue weighted by atomic mass is 19.4. The average molecular weight is 425 g/mol. The van der Waals surface area contributed by atoms with E-state index in [4.69, 9.17) is 4.42 Å². The van der Waals surface area contributed by atoms with Crippen molar-refractivity contribution in [3.8, 4) is 11.3 Å². The molecule has 1 N–H and O–H groups in total. The minimum Gasteiger partial charge on any atom is -0.451 e. The highest BCUT2D eigenvalue weighted by molar-refractivity contribution is 5.92. The molecule has 0 radical (unpaired) electrons. The number of imidazole rings is 1. The zero-order valence-corrected chi connectivity index (χ0v) is 16.3. The number of carbonyl (C=O) groups excluding carboxylic acids is 1. The second-order valence-electron chi connectivity index (χ2n) is 6.93. The Hall–Kier alpha value is -3.81. The topological polar surface area (TPSA) is 60.1 Å². The lowest BCUT2D eigenvalue weighted by Crippen LogP contribution is -2.23. The Morgan fingerprint density at radius 1 is 1.03 bits per heavy atom. The van der Waals surface area contributed by atoms with E-state index < -0.39 is 17.6 Å². The highest BCUT2D eigenvalue weighted by Crippen LogP contribution is 2.32. The summed E-state index contributed by atoms with van der Waals surface area (Å²) in [6.07, 6.45) is 0.817. The van der Waals surface area contributed by atoms with Crippen LogP contribution < -0.4 is 5.32 Å². The summed E-state index contributed by atoms with van der Waals surface area (Å²) in [5, 5.41) is 2.80. The van der Waals surface area contributed by atoms with Gasteiger partial charge in [0.05, 0.1) is 11.9 Å². The third-order valence-corrected chi connectivity index (χ3v) is 4.77. The Balaban J connectivity index is 1.45. The molecule has 0 saturated heterocycles. The minimum absolute atomic E-state index is 0.0273. The molecule has 0 unspecified atom stereocenters. The van der Waals surface area contributed by atoms with Crippen molar-refractivity contribution >= 4 is 5.91 Å². The summed E-state index contributed by atoms with van der Waals surface area (Å²) in [5.74, 6) is -0.230. The number of benzene rings is 2. The fourth-order valence-corrected chi connectivity index (χ4v) is 3.19. The molecule has 2 aromatic carbocycles. The molecule has 0 bridgehead atoms. The van der Waals surface area contributed by atoms with Crippen LogP contribution in [0.3, 0.4) is 0 Å². The van der Waals surface area contributed by atoms with Crippen LogP contribution in [-0.4, -0.2) is 15.5 Å². The number of nitrogens with zero attached hydrogens (tertiary/aromatic N) is 2. The maximum atomic E-state index is 12.9. The standard InChI is InChI=1S/C23H18F3N3O2/c24-23(25,26)19-7-3-6-16(12-19)20-8-9-21(31-20)22(30)28-13-17-4-1-2-5-18(17)14-29-11-10-27-15-29/h1-12,15H,13-14H2,(H,28,30). The second-order valence-corrected chi connectivity index (χ2v) is 6.93. The van der Waals surface area contributed by atoms with E-state index in [9.17, 15) is 18.0 Å². The van der Waals surface area contributed by atoms with Gasteiger partial charge < -0.3 is 14.3 Å². The molecule has 0 aliphatic rings. The molecular weight excluding hydrogens is 407 g/mol. The van der Waals surface area contributed by atoms with Gasteiger partial charge >= 0.3 is 6.18 Å². The van der Waals surface area contributed by atoms with Gasteiger partial charge in [0.1, 0.15) is 5.76 Å². The molecule has 0 fully saturated rings. The van der Waals surface area contributed by atoms with Crippen molar-refractivity contribution in [1.29, 1.82) is 0 Å². The summed E-state index contributed by atoms with van der Waals surface area (Å²) >= 11 is 0. The third-order valence-electron chi connectivity index (χ3n) is 4.77. The number of aromatic nitrogens is 2. The van der Waals surface area contributed by atoms with E-state index in [1.807, 2.05) is 35.0 Å². The number of amides is 1. The summed E-state index contributed by atoms with van der Waals surface area (Å²) < 4.78 is 46.2. The quantitative estimate of drug-likeness (QED) is 0.465.